The van der Waals surface area contributed by atoms with E-state index in [0.717, 1.165) is 15.6 Å². The third-order valence-corrected chi connectivity index (χ3v) is 5.61. The highest BCUT2D eigenvalue weighted by Gasteiger charge is 2.31. The van der Waals surface area contributed by atoms with Gasteiger partial charge in [0, 0.05) is 4.48 Å². The second-order valence-electron chi connectivity index (χ2n) is 5.16. The molecule has 1 amide bonds. The minimum Gasteiger partial charge on any atom is -0.288 e. The van der Waals surface area contributed by atoms with E-state index in [1.54, 1.807) is 4.90 Å². The second kappa shape index (κ2) is 7.92. The third kappa shape index (κ3) is 4.04. The summed E-state index contributed by atoms with van der Waals surface area (Å²) in [5.41, 5.74) is 2.13. The zero-order valence-electron chi connectivity index (χ0n) is 12.7. The van der Waals surface area contributed by atoms with Crippen molar-refractivity contribution in [2.24, 2.45) is 0 Å². The molecule has 3 rings (SSSR count). The Balaban J connectivity index is 1.76. The summed E-state index contributed by atoms with van der Waals surface area (Å²) in [6.45, 7) is 0.506. The van der Waals surface area contributed by atoms with Gasteiger partial charge in [0.15, 0.2) is 0 Å². The van der Waals surface area contributed by atoms with Crippen LogP contribution in [-0.2, 0) is 11.3 Å². The van der Waals surface area contributed by atoms with Crippen LogP contribution in [0.5, 0.6) is 0 Å². The number of amides is 1. The summed E-state index contributed by atoms with van der Waals surface area (Å²) < 4.78 is 1.52. The minimum atomic E-state index is -0.0431. The number of benzene rings is 2. The zero-order valence-corrected chi connectivity index (χ0v) is 15.9. The van der Waals surface area contributed by atoms with Gasteiger partial charge in [-0.05, 0) is 23.3 Å². The molecule has 1 aliphatic heterocycles. The first kappa shape index (κ1) is 17.1. The standard InChI is InChI=1S/C19H14BrNOS2/c20-16(15-9-5-2-6-10-15)11-12-17-18(22)21(19(23)24-17)13-14-7-3-1-4-8-14/h1-12H,13H2/b16-11-,17-12-. The van der Waals surface area contributed by atoms with Gasteiger partial charge in [-0.15, -0.1) is 0 Å². The van der Waals surface area contributed by atoms with Crippen molar-refractivity contribution in [2.75, 3.05) is 0 Å². The fourth-order valence-corrected chi connectivity index (χ4v) is 3.85. The number of thioether (sulfide) groups is 1. The Hall–Kier alpha value is -1.69. The summed E-state index contributed by atoms with van der Waals surface area (Å²) in [5, 5.41) is 0. The van der Waals surface area contributed by atoms with E-state index in [0.29, 0.717) is 15.8 Å². The molecule has 24 heavy (non-hydrogen) atoms. The maximum atomic E-state index is 12.6. The first-order chi connectivity index (χ1) is 11.6. The molecule has 0 N–H and O–H groups in total. The smallest absolute Gasteiger partial charge is 0.266 e. The molecule has 0 atom stereocenters. The quantitative estimate of drug-likeness (QED) is 0.494. The lowest BCUT2D eigenvalue weighted by atomic mass is 10.2. The van der Waals surface area contributed by atoms with Crippen molar-refractivity contribution < 1.29 is 4.79 Å². The normalized spacial score (nSPS) is 17.0. The van der Waals surface area contributed by atoms with Crippen LogP contribution in [0, 0.1) is 0 Å². The Morgan fingerprint density at radius 3 is 2.38 bits per heavy atom. The molecule has 0 radical (unpaired) electrons. The lowest BCUT2D eigenvalue weighted by Gasteiger charge is -2.14. The number of thiocarbonyl (C=S) groups is 1. The molecule has 2 aromatic carbocycles. The lowest BCUT2D eigenvalue weighted by Crippen LogP contribution is -2.27. The molecule has 2 aromatic rings. The van der Waals surface area contributed by atoms with Crippen molar-refractivity contribution in [3.8, 4) is 0 Å². The molecular formula is C19H14BrNOS2. The maximum Gasteiger partial charge on any atom is 0.266 e. The molecule has 0 saturated carbocycles. The van der Waals surface area contributed by atoms with Gasteiger partial charge in [0.25, 0.3) is 5.91 Å². The van der Waals surface area contributed by atoms with Crippen LogP contribution in [0.3, 0.4) is 0 Å². The predicted octanol–water partition coefficient (Wildman–Crippen LogP) is 5.37. The first-order valence-corrected chi connectivity index (χ1v) is 9.37. The highest BCUT2D eigenvalue weighted by Crippen LogP contribution is 2.33. The molecule has 0 aromatic heterocycles. The average molecular weight is 416 g/mol. The predicted molar refractivity (Wildman–Crippen MR) is 109 cm³/mol. The molecular weight excluding hydrogens is 402 g/mol. The van der Waals surface area contributed by atoms with Crippen molar-refractivity contribution in [1.82, 2.24) is 4.90 Å². The topological polar surface area (TPSA) is 20.3 Å². The molecule has 1 aliphatic rings. The highest BCUT2D eigenvalue weighted by atomic mass is 79.9. The number of hydrogen-bond acceptors (Lipinski definition) is 3. The van der Waals surface area contributed by atoms with Crippen molar-refractivity contribution >= 4 is 54.6 Å². The van der Waals surface area contributed by atoms with Gasteiger partial charge in [0.1, 0.15) is 4.32 Å². The summed E-state index contributed by atoms with van der Waals surface area (Å²) in [4.78, 5) is 14.9. The zero-order chi connectivity index (χ0) is 16.9. The van der Waals surface area contributed by atoms with E-state index in [-0.39, 0.29) is 5.91 Å². The van der Waals surface area contributed by atoms with Crippen molar-refractivity contribution in [2.45, 2.75) is 6.54 Å². The molecule has 5 heteroatoms. The lowest BCUT2D eigenvalue weighted by molar-refractivity contribution is -0.122. The Morgan fingerprint density at radius 1 is 1.08 bits per heavy atom. The average Bonchev–Trinajstić information content (AvgIpc) is 2.89. The molecule has 120 valence electrons. The van der Waals surface area contributed by atoms with E-state index < -0.39 is 0 Å². The number of carbonyl (C=O) groups is 1. The third-order valence-electron chi connectivity index (χ3n) is 3.49. The fourth-order valence-electron chi connectivity index (χ4n) is 2.26. The van der Waals surface area contributed by atoms with E-state index in [2.05, 4.69) is 15.9 Å². The van der Waals surface area contributed by atoms with E-state index in [1.807, 2.05) is 72.8 Å². The van der Waals surface area contributed by atoms with Gasteiger partial charge in [-0.3, -0.25) is 9.69 Å². The van der Waals surface area contributed by atoms with Gasteiger partial charge in [0.2, 0.25) is 0 Å². The van der Waals surface area contributed by atoms with Gasteiger partial charge in [-0.25, -0.2) is 0 Å². The van der Waals surface area contributed by atoms with E-state index in [4.69, 9.17) is 12.2 Å². The molecule has 1 heterocycles. The Labute approximate surface area is 159 Å². The number of carbonyl (C=O) groups excluding carboxylic acids is 1. The van der Waals surface area contributed by atoms with Crippen molar-refractivity contribution in [1.29, 1.82) is 0 Å². The van der Waals surface area contributed by atoms with Crippen molar-refractivity contribution in [3.63, 3.8) is 0 Å². The number of allylic oxidation sites excluding steroid dienone is 2. The molecule has 0 spiro atoms. The van der Waals surface area contributed by atoms with Gasteiger partial charge in [-0.2, -0.15) is 0 Å². The number of hydrogen-bond donors (Lipinski definition) is 0. The van der Waals surface area contributed by atoms with E-state index >= 15 is 0 Å². The number of halogens is 1. The number of rotatable bonds is 4. The van der Waals surface area contributed by atoms with E-state index in [9.17, 15) is 4.79 Å². The Morgan fingerprint density at radius 2 is 1.71 bits per heavy atom. The second-order valence-corrected chi connectivity index (χ2v) is 7.69. The summed E-state index contributed by atoms with van der Waals surface area (Å²) >= 11 is 10.3. The summed E-state index contributed by atoms with van der Waals surface area (Å²) in [6.07, 6.45) is 3.71. The highest BCUT2D eigenvalue weighted by molar-refractivity contribution is 9.15. The monoisotopic (exact) mass is 415 g/mol. The van der Waals surface area contributed by atoms with E-state index in [1.165, 1.54) is 11.8 Å². The summed E-state index contributed by atoms with van der Waals surface area (Å²) in [6, 6.07) is 19.8. The number of nitrogens with zero attached hydrogens (tertiary/aromatic N) is 1. The molecule has 1 fully saturated rings. The molecule has 0 unspecified atom stereocenters. The molecule has 0 aliphatic carbocycles. The Bertz CT molecular complexity index is 816. The molecule has 0 bridgehead atoms. The van der Waals surface area contributed by atoms with Crippen LogP contribution in [-0.4, -0.2) is 15.1 Å². The van der Waals surface area contributed by atoms with Gasteiger partial charge in [0.05, 0.1) is 11.4 Å². The van der Waals surface area contributed by atoms with Gasteiger partial charge < -0.3 is 0 Å². The van der Waals surface area contributed by atoms with Crippen LogP contribution in [0.25, 0.3) is 4.48 Å². The SMILES string of the molecule is O=C1/C(=C/C=C(\Br)c2ccccc2)SC(=S)N1Cc1ccccc1. The van der Waals surface area contributed by atoms with Crippen molar-refractivity contribution in [3.05, 3.63) is 88.8 Å². The van der Waals surface area contributed by atoms with Crippen LogP contribution in [0.15, 0.2) is 77.7 Å². The Kier molecular flexibility index (Phi) is 5.66. The summed E-state index contributed by atoms with van der Waals surface area (Å²) in [7, 11) is 0. The minimum absolute atomic E-state index is 0.0431. The largest absolute Gasteiger partial charge is 0.288 e. The molecule has 1 saturated heterocycles. The van der Waals surface area contributed by atoms with Crippen LogP contribution in [0.2, 0.25) is 0 Å². The first-order valence-electron chi connectivity index (χ1n) is 7.35. The summed E-state index contributed by atoms with van der Waals surface area (Å²) in [5.74, 6) is -0.0431. The van der Waals surface area contributed by atoms with Crippen LogP contribution in [0.4, 0.5) is 0 Å². The maximum absolute atomic E-state index is 12.6. The fraction of sp³-hybridized carbons (Fsp3) is 0.0526. The van der Waals surface area contributed by atoms with Gasteiger partial charge in [-0.1, -0.05) is 101 Å². The van der Waals surface area contributed by atoms with Crippen LogP contribution < -0.4 is 0 Å². The van der Waals surface area contributed by atoms with Gasteiger partial charge >= 0.3 is 0 Å². The van der Waals surface area contributed by atoms with Crippen LogP contribution in [0.1, 0.15) is 11.1 Å². The van der Waals surface area contributed by atoms with Crippen LogP contribution >= 0.6 is 39.9 Å². The molecule has 2 nitrogen and oxygen atoms in total.